The van der Waals surface area contributed by atoms with Gasteiger partial charge in [0.2, 0.25) is 0 Å². The van der Waals surface area contributed by atoms with E-state index in [1.165, 1.54) is 6.26 Å². The number of benzene rings is 1. The van der Waals surface area contributed by atoms with Gasteiger partial charge in [0.25, 0.3) is 0 Å². The number of ether oxygens (including phenoxy) is 1. The van der Waals surface area contributed by atoms with Crippen molar-refractivity contribution in [3.8, 4) is 11.1 Å². The summed E-state index contributed by atoms with van der Waals surface area (Å²) in [6.45, 7) is 6.23. The highest BCUT2D eigenvalue weighted by Gasteiger charge is 2.24. The molecule has 0 bridgehead atoms. The number of hydrogen-bond acceptors (Lipinski definition) is 7. The van der Waals surface area contributed by atoms with Crippen LogP contribution in [0.15, 0.2) is 52.5 Å². The van der Waals surface area contributed by atoms with Crippen LogP contribution in [0, 0.1) is 11.7 Å². The minimum absolute atomic E-state index is 0.198. The van der Waals surface area contributed by atoms with Crippen LogP contribution < -0.4 is 4.90 Å². The standard InChI is InChI=1S/C23H28N6O2S/c1-15-14-31-12-11-29(15)21-13-19(17-5-7-18(8-6-17)32(4,24)30)16(2)22(27-21)23(25-3)20-9-10-26-28-20/h5-10,13,15,24H,11-12,14H2,1-4H3,(H,26,28)/t15-,32?/m1/s1. The Morgan fingerprint density at radius 2 is 2.06 bits per heavy atom. The van der Waals surface area contributed by atoms with E-state index in [4.69, 9.17) is 14.5 Å². The first kappa shape index (κ1) is 22.2. The third-order valence-corrected chi connectivity index (χ3v) is 6.91. The molecule has 32 heavy (non-hydrogen) atoms. The molecule has 1 aliphatic heterocycles. The third kappa shape index (κ3) is 4.31. The summed E-state index contributed by atoms with van der Waals surface area (Å²) in [6, 6.07) is 11.6. The van der Waals surface area contributed by atoms with Gasteiger partial charge >= 0.3 is 0 Å². The average molecular weight is 453 g/mol. The summed E-state index contributed by atoms with van der Waals surface area (Å²) in [5.41, 5.74) is 5.30. The zero-order chi connectivity index (χ0) is 22.9. The second kappa shape index (κ2) is 8.84. The summed E-state index contributed by atoms with van der Waals surface area (Å²) in [6.07, 6.45) is 3.14. The Bertz CT molecular complexity index is 1230. The molecule has 1 fully saturated rings. The van der Waals surface area contributed by atoms with Gasteiger partial charge in [0.15, 0.2) is 0 Å². The van der Waals surface area contributed by atoms with Crippen molar-refractivity contribution >= 4 is 21.3 Å². The fraction of sp³-hybridized carbons (Fsp3) is 0.348. The Labute approximate surface area is 188 Å². The van der Waals surface area contributed by atoms with Crippen molar-refractivity contribution in [2.45, 2.75) is 24.8 Å². The van der Waals surface area contributed by atoms with Gasteiger partial charge in [0, 0.05) is 30.9 Å². The smallest absolute Gasteiger partial charge is 0.130 e. The van der Waals surface area contributed by atoms with Gasteiger partial charge in [-0.1, -0.05) is 12.1 Å². The van der Waals surface area contributed by atoms with Crippen LogP contribution >= 0.6 is 0 Å². The number of pyridine rings is 1. The molecule has 3 heterocycles. The molecule has 2 N–H and O–H groups in total. The number of hydrogen-bond donors (Lipinski definition) is 2. The lowest BCUT2D eigenvalue weighted by molar-refractivity contribution is 0.0985. The van der Waals surface area contributed by atoms with E-state index in [1.807, 2.05) is 25.1 Å². The summed E-state index contributed by atoms with van der Waals surface area (Å²) in [4.78, 5) is 12.3. The van der Waals surface area contributed by atoms with Crippen LogP contribution in [-0.4, -0.2) is 64.2 Å². The Morgan fingerprint density at radius 1 is 1.31 bits per heavy atom. The van der Waals surface area contributed by atoms with E-state index in [1.54, 1.807) is 25.4 Å². The van der Waals surface area contributed by atoms with Gasteiger partial charge in [-0.2, -0.15) is 5.10 Å². The fourth-order valence-electron chi connectivity index (χ4n) is 3.98. The molecular formula is C23H28N6O2S. The van der Waals surface area contributed by atoms with Crippen molar-refractivity contribution < 1.29 is 8.95 Å². The van der Waals surface area contributed by atoms with Gasteiger partial charge in [-0.05, 0) is 54.8 Å². The Morgan fingerprint density at radius 3 is 2.66 bits per heavy atom. The molecule has 0 amide bonds. The van der Waals surface area contributed by atoms with Crippen LogP contribution in [0.25, 0.3) is 11.1 Å². The van der Waals surface area contributed by atoms with Crippen LogP contribution in [0.3, 0.4) is 0 Å². The molecule has 1 aromatic carbocycles. The lowest BCUT2D eigenvalue weighted by Gasteiger charge is -2.35. The summed E-state index contributed by atoms with van der Waals surface area (Å²) >= 11 is 0. The van der Waals surface area contributed by atoms with Gasteiger partial charge in [-0.3, -0.25) is 10.1 Å². The molecule has 3 aromatic rings. The Balaban J connectivity index is 1.90. The van der Waals surface area contributed by atoms with E-state index in [0.717, 1.165) is 46.2 Å². The first-order valence-corrected chi connectivity index (χ1v) is 12.4. The number of morpholine rings is 1. The van der Waals surface area contributed by atoms with Gasteiger partial charge in [-0.15, -0.1) is 0 Å². The molecular weight excluding hydrogens is 424 g/mol. The number of H-pyrrole nitrogens is 1. The Kier molecular flexibility index (Phi) is 6.12. The normalized spacial score (nSPS) is 19.1. The molecule has 4 rings (SSSR count). The van der Waals surface area contributed by atoms with Crippen LogP contribution in [0.2, 0.25) is 0 Å². The molecule has 9 heteroatoms. The summed E-state index contributed by atoms with van der Waals surface area (Å²) < 4.78 is 25.6. The van der Waals surface area contributed by atoms with Gasteiger partial charge in [0.05, 0.1) is 40.4 Å². The highest BCUT2D eigenvalue weighted by atomic mass is 32.2. The highest BCUT2D eigenvalue weighted by molar-refractivity contribution is 7.91. The van der Waals surface area contributed by atoms with Crippen LogP contribution in [0.5, 0.6) is 0 Å². The molecule has 1 aliphatic rings. The predicted octanol–water partition coefficient (Wildman–Crippen LogP) is 3.51. The van der Waals surface area contributed by atoms with Crippen molar-refractivity contribution in [1.82, 2.24) is 15.2 Å². The van der Waals surface area contributed by atoms with E-state index >= 15 is 0 Å². The maximum atomic E-state index is 12.1. The second-order valence-electron chi connectivity index (χ2n) is 8.03. The van der Waals surface area contributed by atoms with Crippen LogP contribution in [0.1, 0.15) is 23.9 Å². The van der Waals surface area contributed by atoms with Crippen molar-refractivity contribution in [2.75, 3.05) is 38.0 Å². The molecule has 2 aromatic heterocycles. The van der Waals surface area contributed by atoms with Crippen LogP contribution in [-0.2, 0) is 14.5 Å². The van der Waals surface area contributed by atoms with Gasteiger partial charge in [-0.25, -0.2) is 14.0 Å². The predicted molar refractivity (Wildman–Crippen MR) is 127 cm³/mol. The summed E-state index contributed by atoms with van der Waals surface area (Å²) in [5.74, 6) is 0.862. The lowest BCUT2D eigenvalue weighted by Crippen LogP contribution is -2.44. The minimum Gasteiger partial charge on any atom is -0.377 e. The van der Waals surface area contributed by atoms with E-state index in [-0.39, 0.29) is 6.04 Å². The molecule has 1 saturated heterocycles. The molecule has 0 spiro atoms. The first-order chi connectivity index (χ1) is 15.3. The molecule has 8 nitrogen and oxygen atoms in total. The molecule has 1 unspecified atom stereocenters. The maximum absolute atomic E-state index is 12.1. The molecule has 0 aliphatic carbocycles. The van der Waals surface area contributed by atoms with Crippen molar-refractivity contribution in [3.63, 3.8) is 0 Å². The highest BCUT2D eigenvalue weighted by Crippen LogP contribution is 2.32. The number of anilines is 1. The van der Waals surface area contributed by atoms with E-state index < -0.39 is 9.73 Å². The maximum Gasteiger partial charge on any atom is 0.130 e. The molecule has 0 saturated carbocycles. The van der Waals surface area contributed by atoms with Gasteiger partial charge in [0.1, 0.15) is 11.5 Å². The second-order valence-corrected chi connectivity index (χ2v) is 10.2. The third-order valence-electron chi connectivity index (χ3n) is 5.74. The van der Waals surface area contributed by atoms with E-state index in [0.29, 0.717) is 18.1 Å². The topological polar surface area (TPSA) is 107 Å². The quantitative estimate of drug-likeness (QED) is 0.576. The zero-order valence-electron chi connectivity index (χ0n) is 18.8. The number of nitrogens with zero attached hydrogens (tertiary/aromatic N) is 4. The zero-order valence-corrected chi connectivity index (χ0v) is 19.6. The monoisotopic (exact) mass is 452 g/mol. The summed E-state index contributed by atoms with van der Waals surface area (Å²) in [7, 11) is -1.01. The van der Waals surface area contributed by atoms with Crippen molar-refractivity contribution in [2.24, 2.45) is 4.99 Å². The number of aromatic nitrogens is 3. The number of rotatable bonds is 5. The average Bonchev–Trinajstić information content (AvgIpc) is 3.30. The first-order valence-electron chi connectivity index (χ1n) is 10.5. The number of aliphatic imine (C=N–C) groups is 1. The van der Waals surface area contributed by atoms with E-state index in [2.05, 4.69) is 33.1 Å². The van der Waals surface area contributed by atoms with Crippen molar-refractivity contribution in [1.29, 1.82) is 4.78 Å². The van der Waals surface area contributed by atoms with Crippen LogP contribution in [0.4, 0.5) is 5.82 Å². The number of aromatic amines is 1. The molecule has 0 radical (unpaired) electrons. The lowest BCUT2D eigenvalue weighted by atomic mass is 9.97. The molecule has 168 valence electrons. The van der Waals surface area contributed by atoms with Crippen molar-refractivity contribution in [3.05, 3.63) is 59.5 Å². The minimum atomic E-state index is -2.76. The molecule has 2 atom stereocenters. The Hall–Kier alpha value is -3.04. The summed E-state index contributed by atoms with van der Waals surface area (Å²) in [5, 5.41) is 7.08. The SMILES string of the molecule is CN=C(c1ccn[nH]1)c1nc(N2CCOC[C@H]2C)cc(-c2ccc(S(C)(=N)=O)cc2)c1C. The van der Waals surface area contributed by atoms with E-state index in [9.17, 15) is 4.21 Å². The largest absolute Gasteiger partial charge is 0.377 e. The number of nitrogens with one attached hydrogen (secondary N) is 2. The fourth-order valence-corrected chi connectivity index (χ4v) is 4.63. The van der Waals surface area contributed by atoms with Gasteiger partial charge < -0.3 is 9.64 Å².